The highest BCUT2D eigenvalue weighted by Gasteiger charge is 2.34. The normalized spacial score (nSPS) is 18.6. The maximum atomic E-state index is 12.9. The van der Waals surface area contributed by atoms with Crippen molar-refractivity contribution >= 4 is 17.5 Å². The summed E-state index contributed by atoms with van der Waals surface area (Å²) in [7, 11) is 0. The lowest BCUT2D eigenvalue weighted by Crippen LogP contribution is -2.51. The fourth-order valence-corrected chi connectivity index (χ4v) is 4.21. The number of fused-ring (bicyclic) bond motifs is 1. The zero-order valence-electron chi connectivity index (χ0n) is 17.3. The lowest BCUT2D eigenvalue weighted by atomic mass is 10.1. The third-order valence-corrected chi connectivity index (χ3v) is 6.03. The summed E-state index contributed by atoms with van der Waals surface area (Å²) in [5, 5.41) is 4.76. The van der Waals surface area contributed by atoms with Gasteiger partial charge in [-0.3, -0.25) is 9.69 Å². The molecule has 1 aromatic heterocycles. The van der Waals surface area contributed by atoms with Gasteiger partial charge in [0.2, 0.25) is 11.7 Å². The van der Waals surface area contributed by atoms with Gasteiger partial charge in [0.05, 0.1) is 6.54 Å². The molecule has 31 heavy (non-hydrogen) atoms. The van der Waals surface area contributed by atoms with Gasteiger partial charge in [0.15, 0.2) is 6.10 Å². The maximum Gasteiger partial charge on any atom is 0.264 e. The molecule has 2 aliphatic heterocycles. The van der Waals surface area contributed by atoms with Gasteiger partial charge < -0.3 is 14.2 Å². The molecular formula is C23H23ClN4O3. The van der Waals surface area contributed by atoms with Gasteiger partial charge in [0.1, 0.15) is 5.75 Å². The molecule has 0 aliphatic carbocycles. The van der Waals surface area contributed by atoms with E-state index in [0.29, 0.717) is 42.8 Å². The quantitative estimate of drug-likeness (QED) is 0.622. The highest BCUT2D eigenvalue weighted by Crippen LogP contribution is 2.32. The molecule has 0 N–H and O–H groups in total. The summed E-state index contributed by atoms with van der Waals surface area (Å²) in [6, 6.07) is 13.5. The van der Waals surface area contributed by atoms with Gasteiger partial charge >= 0.3 is 0 Å². The Morgan fingerprint density at radius 1 is 1.13 bits per heavy atom. The molecule has 0 bridgehead atoms. The number of carbonyl (C=O) groups excluding carboxylic acids is 1. The Labute approximate surface area is 185 Å². The molecule has 0 spiro atoms. The molecule has 1 amide bonds. The van der Waals surface area contributed by atoms with Gasteiger partial charge in [-0.2, -0.15) is 4.98 Å². The molecule has 1 fully saturated rings. The molecule has 2 aromatic carbocycles. The van der Waals surface area contributed by atoms with Crippen molar-refractivity contribution < 1.29 is 14.1 Å². The molecule has 0 radical (unpaired) electrons. The van der Waals surface area contributed by atoms with Crippen LogP contribution in [-0.4, -0.2) is 58.1 Å². The average Bonchev–Trinajstić information content (AvgIpc) is 3.41. The lowest BCUT2D eigenvalue weighted by Gasteiger charge is -2.34. The summed E-state index contributed by atoms with van der Waals surface area (Å²) in [6.07, 6.45) is 0.103. The van der Waals surface area contributed by atoms with Crippen LogP contribution >= 0.6 is 11.6 Å². The van der Waals surface area contributed by atoms with Crippen LogP contribution < -0.4 is 4.74 Å². The second kappa shape index (κ2) is 8.32. The first kappa shape index (κ1) is 20.0. The van der Waals surface area contributed by atoms with Crippen LogP contribution in [0.25, 0.3) is 11.4 Å². The molecule has 3 heterocycles. The lowest BCUT2D eigenvalue weighted by molar-refractivity contribution is -0.139. The van der Waals surface area contributed by atoms with Crippen LogP contribution in [0.5, 0.6) is 5.75 Å². The Hall–Kier alpha value is -2.90. The largest absolute Gasteiger partial charge is 0.480 e. The molecule has 160 valence electrons. The molecule has 3 aromatic rings. The number of nitrogens with zero attached hydrogens (tertiary/aromatic N) is 4. The zero-order valence-corrected chi connectivity index (χ0v) is 18.0. The monoisotopic (exact) mass is 438 g/mol. The number of aromatic nitrogens is 2. The van der Waals surface area contributed by atoms with E-state index in [1.54, 1.807) is 6.07 Å². The summed E-state index contributed by atoms with van der Waals surface area (Å²) in [4.78, 5) is 21.5. The van der Waals surface area contributed by atoms with Gasteiger partial charge in [-0.1, -0.05) is 46.6 Å². The van der Waals surface area contributed by atoms with E-state index in [9.17, 15) is 4.79 Å². The standard InChI is InChI=1S/C23H23ClN4O3/c1-15-2-4-16(5-3-15)22-25-21(31-26-22)14-27-8-10-28(11-9-27)23(29)20-13-17-12-18(24)6-7-19(17)30-20/h2-7,12,20H,8-11,13-14H2,1H3. The topological polar surface area (TPSA) is 71.7 Å². The predicted molar refractivity (Wildman–Crippen MR) is 116 cm³/mol. The minimum absolute atomic E-state index is 0.0337. The van der Waals surface area contributed by atoms with Crippen molar-refractivity contribution in [2.75, 3.05) is 26.2 Å². The van der Waals surface area contributed by atoms with Crippen LogP contribution in [0.3, 0.4) is 0 Å². The Balaban J connectivity index is 1.14. The van der Waals surface area contributed by atoms with Crippen molar-refractivity contribution in [3.8, 4) is 17.1 Å². The molecule has 8 heteroatoms. The molecular weight excluding hydrogens is 416 g/mol. The van der Waals surface area contributed by atoms with Crippen molar-refractivity contribution in [3.63, 3.8) is 0 Å². The van der Waals surface area contributed by atoms with Gasteiger partial charge in [0.25, 0.3) is 5.91 Å². The zero-order chi connectivity index (χ0) is 21.4. The van der Waals surface area contributed by atoms with Crippen molar-refractivity contribution in [1.82, 2.24) is 19.9 Å². The van der Waals surface area contributed by atoms with Crippen LogP contribution in [0.2, 0.25) is 5.02 Å². The number of hydrogen-bond acceptors (Lipinski definition) is 6. The third kappa shape index (κ3) is 4.29. The molecule has 5 rings (SSSR count). The Morgan fingerprint density at radius 2 is 1.90 bits per heavy atom. The number of hydrogen-bond donors (Lipinski definition) is 0. The van der Waals surface area contributed by atoms with E-state index in [0.717, 1.165) is 30.0 Å². The predicted octanol–water partition coefficient (Wildman–Crippen LogP) is 3.35. The number of halogens is 1. The minimum atomic E-state index is -0.465. The molecule has 1 saturated heterocycles. The number of carbonyl (C=O) groups is 1. The van der Waals surface area contributed by atoms with Crippen molar-refractivity contribution in [3.05, 3.63) is 64.5 Å². The molecule has 1 unspecified atom stereocenters. The fraction of sp³-hybridized carbons (Fsp3) is 0.348. The van der Waals surface area contributed by atoms with Crippen molar-refractivity contribution in [2.45, 2.75) is 26.0 Å². The molecule has 2 aliphatic rings. The van der Waals surface area contributed by atoms with Gasteiger partial charge in [-0.25, -0.2) is 0 Å². The first-order valence-electron chi connectivity index (χ1n) is 10.4. The number of rotatable bonds is 4. The summed E-state index contributed by atoms with van der Waals surface area (Å²) in [5.41, 5.74) is 3.12. The van der Waals surface area contributed by atoms with E-state index in [2.05, 4.69) is 15.0 Å². The van der Waals surface area contributed by atoms with Gasteiger partial charge in [-0.15, -0.1) is 0 Å². The number of ether oxygens (including phenoxy) is 1. The summed E-state index contributed by atoms with van der Waals surface area (Å²) in [6.45, 7) is 5.41. The molecule has 0 saturated carbocycles. The van der Waals surface area contributed by atoms with E-state index in [1.807, 2.05) is 48.2 Å². The van der Waals surface area contributed by atoms with Crippen LogP contribution in [0.4, 0.5) is 0 Å². The van der Waals surface area contributed by atoms with E-state index in [1.165, 1.54) is 5.56 Å². The first-order chi connectivity index (χ1) is 15.0. The summed E-state index contributed by atoms with van der Waals surface area (Å²) >= 11 is 6.05. The minimum Gasteiger partial charge on any atom is -0.480 e. The second-order valence-corrected chi connectivity index (χ2v) is 8.48. The van der Waals surface area contributed by atoms with E-state index in [-0.39, 0.29) is 5.91 Å². The Bertz CT molecular complexity index is 1090. The second-order valence-electron chi connectivity index (χ2n) is 8.04. The number of aryl methyl sites for hydroxylation is 1. The van der Waals surface area contributed by atoms with Gasteiger partial charge in [-0.05, 0) is 30.7 Å². The maximum absolute atomic E-state index is 12.9. The average molecular weight is 439 g/mol. The van der Waals surface area contributed by atoms with Crippen LogP contribution in [0.1, 0.15) is 17.0 Å². The SMILES string of the molecule is Cc1ccc(-c2noc(CN3CCN(C(=O)C4Cc5cc(Cl)ccc5O4)CC3)n2)cc1. The fourth-order valence-electron chi connectivity index (χ4n) is 4.02. The van der Waals surface area contributed by atoms with E-state index >= 15 is 0 Å². The Kier molecular flexibility index (Phi) is 5.38. The smallest absolute Gasteiger partial charge is 0.264 e. The van der Waals surface area contributed by atoms with Crippen LogP contribution in [0.15, 0.2) is 47.0 Å². The third-order valence-electron chi connectivity index (χ3n) is 5.79. The van der Waals surface area contributed by atoms with Crippen molar-refractivity contribution in [1.29, 1.82) is 0 Å². The highest BCUT2D eigenvalue weighted by molar-refractivity contribution is 6.30. The summed E-state index contributed by atoms with van der Waals surface area (Å²) in [5.74, 6) is 1.97. The molecule has 1 atom stereocenters. The summed E-state index contributed by atoms with van der Waals surface area (Å²) < 4.78 is 11.3. The van der Waals surface area contributed by atoms with E-state index in [4.69, 9.17) is 20.9 Å². The van der Waals surface area contributed by atoms with Gasteiger partial charge in [0, 0.05) is 43.2 Å². The number of benzene rings is 2. The van der Waals surface area contributed by atoms with Crippen LogP contribution in [-0.2, 0) is 17.8 Å². The van der Waals surface area contributed by atoms with Crippen LogP contribution in [0, 0.1) is 6.92 Å². The highest BCUT2D eigenvalue weighted by atomic mass is 35.5. The van der Waals surface area contributed by atoms with E-state index < -0.39 is 6.10 Å². The first-order valence-corrected chi connectivity index (χ1v) is 10.8. The number of piperazine rings is 1. The number of amides is 1. The van der Waals surface area contributed by atoms with Crippen molar-refractivity contribution in [2.24, 2.45) is 0 Å². The Morgan fingerprint density at radius 3 is 2.68 bits per heavy atom. The molecule has 7 nitrogen and oxygen atoms in total.